The molecule has 0 saturated carbocycles. The lowest BCUT2D eigenvalue weighted by molar-refractivity contribution is -0.145. The highest BCUT2D eigenvalue weighted by Crippen LogP contribution is 2.24. The van der Waals surface area contributed by atoms with Gasteiger partial charge in [0.2, 0.25) is 11.8 Å². The molecule has 1 atom stereocenters. The molecule has 14 nitrogen and oxygen atoms in total. The second-order valence-electron chi connectivity index (χ2n) is 9.28. The van der Waals surface area contributed by atoms with Crippen LogP contribution in [0.1, 0.15) is 42.7 Å². The van der Waals surface area contributed by atoms with Crippen molar-refractivity contribution in [3.63, 3.8) is 0 Å². The molecular weight excluding hydrogens is 574 g/mol. The van der Waals surface area contributed by atoms with Gasteiger partial charge in [-0.1, -0.05) is 17.7 Å². The largest absolute Gasteiger partial charge is 0.481 e. The number of aromatic nitrogens is 2. The van der Waals surface area contributed by atoms with E-state index in [1.807, 2.05) is 6.92 Å². The molecule has 42 heavy (non-hydrogen) atoms. The minimum Gasteiger partial charge on any atom is -0.481 e. The van der Waals surface area contributed by atoms with Crippen molar-refractivity contribution in [3.8, 4) is 11.6 Å². The monoisotopic (exact) mass is 607 g/mol. The number of rotatable bonds is 12. The number of hydrogen-bond acceptors (Lipinski definition) is 9. The van der Waals surface area contributed by atoms with Gasteiger partial charge >= 0.3 is 18.0 Å². The average Bonchev–Trinajstić information content (AvgIpc) is 3.40. The number of nitrogens with one attached hydrogen (secondary N) is 1. The number of nitrogens with zero attached hydrogens (tertiary/aromatic N) is 4. The van der Waals surface area contributed by atoms with Crippen LogP contribution in [-0.4, -0.2) is 107 Å². The second-order valence-corrected chi connectivity index (χ2v) is 9.68. The third kappa shape index (κ3) is 8.59. The van der Waals surface area contributed by atoms with E-state index in [1.54, 1.807) is 32.0 Å². The summed E-state index contributed by atoms with van der Waals surface area (Å²) >= 11 is 6.28. The number of esters is 1. The molecule has 1 aliphatic heterocycles. The van der Waals surface area contributed by atoms with Gasteiger partial charge in [-0.2, -0.15) is 5.10 Å². The maximum Gasteiger partial charge on any atom is 0.409 e. The molecule has 1 saturated heterocycles. The average molecular weight is 608 g/mol. The third-order valence-electron chi connectivity index (χ3n) is 6.32. The van der Waals surface area contributed by atoms with Crippen molar-refractivity contribution in [1.82, 2.24) is 24.9 Å². The predicted octanol–water partition coefficient (Wildman–Crippen LogP) is 2.04. The normalized spacial score (nSPS) is 13.7. The Balaban J connectivity index is 1.81. The maximum atomic E-state index is 13.3. The van der Waals surface area contributed by atoms with Crippen LogP contribution in [0.25, 0.3) is 5.69 Å². The molecule has 228 valence electrons. The van der Waals surface area contributed by atoms with E-state index in [2.05, 4.69) is 10.4 Å². The number of hydrogen-bond donors (Lipinski definition) is 2. The Labute approximate surface area is 247 Å². The van der Waals surface area contributed by atoms with Gasteiger partial charge in [-0.05, 0) is 44.9 Å². The number of piperazine rings is 1. The van der Waals surface area contributed by atoms with Gasteiger partial charge in [0.05, 0.1) is 18.9 Å². The lowest BCUT2D eigenvalue weighted by atomic mass is 10.1. The number of ether oxygens (including phenoxy) is 3. The molecule has 0 aliphatic carbocycles. The Kier molecular flexibility index (Phi) is 11.5. The molecule has 0 unspecified atom stereocenters. The predicted molar refractivity (Wildman–Crippen MR) is 149 cm³/mol. The molecule has 2 N–H and O–H groups in total. The minimum absolute atomic E-state index is 0.0385. The lowest BCUT2D eigenvalue weighted by Gasteiger charge is -2.35. The summed E-state index contributed by atoms with van der Waals surface area (Å²) in [6.07, 6.45) is -1.02. The van der Waals surface area contributed by atoms with Gasteiger partial charge < -0.3 is 34.4 Å². The zero-order chi connectivity index (χ0) is 30.8. The van der Waals surface area contributed by atoms with Crippen molar-refractivity contribution in [3.05, 3.63) is 40.5 Å². The SMILES string of the molecule is CCOC(=O)COc1cc(C(=O)N[C@@H](CCC(=O)O)C(=O)N2CCN(C(=O)OCC)CC2)nn1-c1ccc(C)c(Cl)c1. The Morgan fingerprint density at radius 2 is 1.69 bits per heavy atom. The molecule has 0 bridgehead atoms. The van der Waals surface area contributed by atoms with Gasteiger partial charge in [0.25, 0.3) is 5.91 Å². The molecule has 1 aromatic carbocycles. The topological polar surface area (TPSA) is 170 Å². The van der Waals surface area contributed by atoms with E-state index in [0.717, 1.165) is 5.56 Å². The Bertz CT molecular complexity index is 1310. The van der Waals surface area contributed by atoms with Gasteiger partial charge in [0.1, 0.15) is 6.04 Å². The molecule has 0 radical (unpaired) electrons. The van der Waals surface area contributed by atoms with E-state index in [9.17, 15) is 29.1 Å². The quantitative estimate of drug-likeness (QED) is 0.340. The fourth-order valence-electron chi connectivity index (χ4n) is 4.11. The molecule has 3 amide bonds. The molecule has 0 spiro atoms. The van der Waals surface area contributed by atoms with Crippen LogP contribution in [0.2, 0.25) is 5.02 Å². The summed E-state index contributed by atoms with van der Waals surface area (Å²) in [5.41, 5.74) is 1.11. The van der Waals surface area contributed by atoms with Crippen LogP contribution in [0.4, 0.5) is 4.79 Å². The fraction of sp³-hybridized carbons (Fsp3) is 0.481. The summed E-state index contributed by atoms with van der Waals surface area (Å²) in [7, 11) is 0. The van der Waals surface area contributed by atoms with E-state index >= 15 is 0 Å². The molecular formula is C27H34ClN5O9. The highest BCUT2D eigenvalue weighted by molar-refractivity contribution is 6.31. The van der Waals surface area contributed by atoms with Crippen molar-refractivity contribution >= 4 is 41.4 Å². The van der Waals surface area contributed by atoms with Gasteiger partial charge in [0.15, 0.2) is 12.3 Å². The summed E-state index contributed by atoms with van der Waals surface area (Å²) in [5.74, 6) is -2.97. The summed E-state index contributed by atoms with van der Waals surface area (Å²) in [6, 6.07) is 5.17. The Morgan fingerprint density at radius 1 is 1.02 bits per heavy atom. The molecule has 2 heterocycles. The second kappa shape index (κ2) is 15.1. The van der Waals surface area contributed by atoms with Gasteiger partial charge in [-0.3, -0.25) is 14.4 Å². The number of carboxylic acid groups (broad SMARTS) is 1. The van der Waals surface area contributed by atoms with Crippen LogP contribution < -0.4 is 10.1 Å². The number of carbonyl (C=O) groups excluding carboxylic acids is 4. The summed E-state index contributed by atoms with van der Waals surface area (Å²) in [5, 5.41) is 16.6. The Hall–Kier alpha value is -4.33. The molecule has 1 aromatic heterocycles. The third-order valence-corrected chi connectivity index (χ3v) is 6.73. The molecule has 15 heteroatoms. The van der Waals surface area contributed by atoms with E-state index in [0.29, 0.717) is 10.7 Å². The van der Waals surface area contributed by atoms with Crippen molar-refractivity contribution in [1.29, 1.82) is 0 Å². The molecule has 3 rings (SSSR count). The number of carbonyl (C=O) groups is 5. The van der Waals surface area contributed by atoms with E-state index < -0.39 is 42.5 Å². The van der Waals surface area contributed by atoms with Crippen LogP contribution in [0.15, 0.2) is 24.3 Å². The van der Waals surface area contributed by atoms with Gasteiger partial charge in [-0.15, -0.1) is 0 Å². The Morgan fingerprint density at radius 3 is 2.31 bits per heavy atom. The van der Waals surface area contributed by atoms with Crippen LogP contribution >= 0.6 is 11.6 Å². The number of halogens is 1. The van der Waals surface area contributed by atoms with Crippen LogP contribution in [0.3, 0.4) is 0 Å². The van der Waals surface area contributed by atoms with Crippen molar-refractivity contribution in [2.45, 2.75) is 39.7 Å². The first-order valence-electron chi connectivity index (χ1n) is 13.4. The van der Waals surface area contributed by atoms with E-state index in [1.165, 1.54) is 20.5 Å². The first-order valence-corrected chi connectivity index (χ1v) is 13.8. The van der Waals surface area contributed by atoms with Crippen molar-refractivity contribution in [2.24, 2.45) is 0 Å². The lowest BCUT2D eigenvalue weighted by Crippen LogP contribution is -2.56. The van der Waals surface area contributed by atoms with Gasteiger partial charge in [-0.25, -0.2) is 14.3 Å². The highest BCUT2D eigenvalue weighted by Gasteiger charge is 2.31. The number of amides is 3. The standard InChI is InChI=1S/C27H34ClN5O9/c1-4-40-24(36)16-42-22-15-21(30-33(22)18-7-6-17(3)19(28)14-18)25(37)29-20(8-9-23(34)35)26(38)31-10-12-32(13-11-31)27(39)41-5-2/h6-7,14-15,20H,4-5,8-13,16H2,1-3H3,(H,29,37)(H,34,35)/t20-/m0/s1. The first kappa shape index (κ1) is 32.2. The summed E-state index contributed by atoms with van der Waals surface area (Å²) in [4.78, 5) is 64.8. The summed E-state index contributed by atoms with van der Waals surface area (Å²) in [6.45, 7) is 5.94. The number of benzene rings is 1. The van der Waals surface area contributed by atoms with Crippen molar-refractivity contribution in [2.75, 3.05) is 46.0 Å². The van der Waals surface area contributed by atoms with Crippen LogP contribution in [-0.2, 0) is 23.9 Å². The fourth-order valence-corrected chi connectivity index (χ4v) is 4.29. The van der Waals surface area contributed by atoms with Crippen molar-refractivity contribution < 1.29 is 43.3 Å². The molecule has 1 aliphatic rings. The number of aliphatic carboxylic acids is 1. The number of aryl methyl sites for hydroxylation is 1. The van der Waals surface area contributed by atoms with Crippen LogP contribution in [0, 0.1) is 6.92 Å². The first-order chi connectivity index (χ1) is 20.0. The zero-order valence-corrected chi connectivity index (χ0v) is 24.4. The highest BCUT2D eigenvalue weighted by atomic mass is 35.5. The van der Waals surface area contributed by atoms with E-state index in [4.69, 9.17) is 25.8 Å². The number of carboxylic acids is 1. The van der Waals surface area contributed by atoms with Gasteiger partial charge in [0, 0.05) is 43.7 Å². The summed E-state index contributed by atoms with van der Waals surface area (Å²) < 4.78 is 16.8. The van der Waals surface area contributed by atoms with Crippen LogP contribution in [0.5, 0.6) is 5.88 Å². The minimum atomic E-state index is -1.18. The smallest absolute Gasteiger partial charge is 0.409 e. The zero-order valence-electron chi connectivity index (χ0n) is 23.6. The molecule has 1 fully saturated rings. The van der Waals surface area contributed by atoms with E-state index in [-0.39, 0.29) is 63.8 Å². The molecule has 2 aromatic rings. The maximum absolute atomic E-state index is 13.3.